The van der Waals surface area contributed by atoms with Crippen LogP contribution in [0.5, 0.6) is 0 Å². The first-order valence-corrected chi connectivity index (χ1v) is 14.3. The molecule has 11 nitrogen and oxygen atoms in total. The molecule has 0 bridgehead atoms. The number of amides is 2. The average molecular weight is 722 g/mol. The predicted octanol–water partition coefficient (Wildman–Crippen LogP) is -6.74. The van der Waals surface area contributed by atoms with E-state index >= 15 is 0 Å². The van der Waals surface area contributed by atoms with Gasteiger partial charge in [0.1, 0.15) is 5.69 Å². The van der Waals surface area contributed by atoms with Crippen molar-refractivity contribution in [2.75, 3.05) is 31.1 Å². The van der Waals surface area contributed by atoms with Crippen molar-refractivity contribution in [2.24, 2.45) is 10.2 Å². The molecular weight excluding hydrogens is 681 g/mol. The Bertz CT molecular complexity index is 1380. The molecule has 3 heterocycles. The average Bonchev–Trinajstić information content (AvgIpc) is 3.38. The van der Waals surface area contributed by atoms with Crippen LogP contribution in [0.2, 0.25) is 0 Å². The number of carbonyl (C=O) groups excluding carboxylic acids is 2. The van der Waals surface area contributed by atoms with Crippen molar-refractivity contribution in [1.82, 2.24) is 15.2 Å². The summed E-state index contributed by atoms with van der Waals surface area (Å²) in [5.74, 6) is 0.0975. The van der Waals surface area contributed by atoms with Gasteiger partial charge in [-0.1, -0.05) is 17.2 Å². The molecule has 2 amide bonds. The molecule has 0 aliphatic rings. The summed E-state index contributed by atoms with van der Waals surface area (Å²) in [5.41, 5.74) is 1.80. The number of carbonyl (C=O) groups is 2. The van der Waals surface area contributed by atoms with Crippen LogP contribution in [0.4, 0.5) is 17.3 Å². The van der Waals surface area contributed by atoms with Crippen LogP contribution in [0.15, 0.2) is 108 Å². The zero-order valence-corrected chi connectivity index (χ0v) is 28.6. The number of imidazole rings is 1. The van der Waals surface area contributed by atoms with Gasteiger partial charge < -0.3 is 57.3 Å². The van der Waals surface area contributed by atoms with E-state index in [1.165, 1.54) is 0 Å². The molecule has 0 unspecified atom stereocenters. The van der Waals surface area contributed by atoms with Gasteiger partial charge in [0.15, 0.2) is 51.0 Å². The summed E-state index contributed by atoms with van der Waals surface area (Å²) in [6.07, 6.45) is 11.3. The van der Waals surface area contributed by atoms with Crippen LogP contribution in [-0.4, -0.2) is 42.6 Å². The van der Waals surface area contributed by atoms with Crippen LogP contribution in [0, 0.1) is 0 Å². The number of nitrogens with zero attached hydrogens (tertiary/aromatic N) is 7. The Morgan fingerprint density at radius 1 is 0.756 bits per heavy atom. The predicted molar refractivity (Wildman–Crippen MR) is 158 cm³/mol. The number of rotatable bonds is 15. The van der Waals surface area contributed by atoms with E-state index < -0.39 is 0 Å². The van der Waals surface area contributed by atoms with Crippen molar-refractivity contribution >= 4 is 29.1 Å². The molecule has 0 saturated heterocycles. The Hall–Kier alpha value is -3.87. The molecule has 4 aromatic rings. The molecule has 14 heteroatoms. The van der Waals surface area contributed by atoms with E-state index in [1.807, 2.05) is 94.6 Å². The fourth-order valence-corrected chi connectivity index (χ4v) is 4.48. The first kappa shape index (κ1) is 39.2. The lowest BCUT2D eigenvalue weighted by Crippen LogP contribution is -3.00. The third kappa shape index (κ3) is 12.6. The maximum absolute atomic E-state index is 12.8. The van der Waals surface area contributed by atoms with Gasteiger partial charge in [-0.15, -0.1) is 0 Å². The summed E-state index contributed by atoms with van der Waals surface area (Å²) in [6, 6.07) is 19.6. The minimum Gasteiger partial charge on any atom is -1.00 e. The van der Waals surface area contributed by atoms with Gasteiger partial charge in [0, 0.05) is 48.2 Å². The molecule has 0 aliphatic carbocycles. The van der Waals surface area contributed by atoms with E-state index in [0.717, 1.165) is 18.8 Å². The van der Waals surface area contributed by atoms with E-state index in [2.05, 4.69) is 39.6 Å². The van der Waals surface area contributed by atoms with Gasteiger partial charge in [-0.2, -0.15) is 0 Å². The Balaban J connectivity index is 0.00000337. The number of hydrogen-bond acceptors (Lipinski definition) is 5. The van der Waals surface area contributed by atoms with Gasteiger partial charge in [0.2, 0.25) is 0 Å². The van der Waals surface area contributed by atoms with Crippen LogP contribution >= 0.6 is 0 Å². The van der Waals surface area contributed by atoms with Crippen molar-refractivity contribution in [3.63, 3.8) is 0 Å². The molecule has 2 N–H and O–H groups in total. The largest absolute Gasteiger partial charge is 1.00 e. The molecule has 0 fully saturated rings. The van der Waals surface area contributed by atoms with Crippen molar-refractivity contribution in [1.29, 1.82) is 0 Å². The first-order valence-electron chi connectivity index (χ1n) is 14.3. The summed E-state index contributed by atoms with van der Waals surface area (Å²) < 4.78 is 7.41. The maximum atomic E-state index is 12.8. The number of anilines is 1. The van der Waals surface area contributed by atoms with E-state index in [1.54, 1.807) is 21.5 Å². The van der Waals surface area contributed by atoms with Crippen molar-refractivity contribution in [3.05, 3.63) is 97.8 Å². The Labute approximate surface area is 287 Å². The highest BCUT2D eigenvalue weighted by molar-refractivity contribution is 5.76. The molecule has 0 atom stereocenters. The number of azo groups is 1. The summed E-state index contributed by atoms with van der Waals surface area (Å²) >= 11 is 0. The molecule has 1 aromatic carbocycles. The van der Waals surface area contributed by atoms with Crippen LogP contribution in [0.3, 0.4) is 0 Å². The zero-order chi connectivity index (χ0) is 29.6. The van der Waals surface area contributed by atoms with Gasteiger partial charge in [-0.25, -0.2) is 18.3 Å². The molecule has 3 aromatic heterocycles. The molecular formula is C31H40BrCl2N9O2. The number of hydrogen-bond donors (Lipinski definition) is 2. The number of aromatic nitrogens is 4. The minimum atomic E-state index is -0.154. The van der Waals surface area contributed by atoms with Crippen molar-refractivity contribution in [2.45, 2.75) is 40.0 Å². The smallest absolute Gasteiger partial charge is 0.422 e. The number of halogens is 3. The zero-order valence-electron chi connectivity index (χ0n) is 25.5. The van der Waals surface area contributed by atoms with E-state index in [-0.39, 0.29) is 66.7 Å². The Morgan fingerprint density at radius 2 is 1.29 bits per heavy atom. The molecule has 0 saturated carbocycles. The molecule has 242 valence electrons. The lowest BCUT2D eigenvalue weighted by molar-refractivity contribution is -0.695. The fourth-order valence-electron chi connectivity index (χ4n) is 4.48. The number of pyridine rings is 2. The SMILES string of the molecule is CCN(CC)c1ccc(N=Nc2n(CC(=O)NCC[n+]3ccccc3)cc[n+]2CC(=O)NCC[n+]2ccccc2)cc1.[Br-].[Cl-].[Cl-]. The topological polar surface area (TPSA) is 103 Å². The highest BCUT2D eigenvalue weighted by Gasteiger charge is 2.22. The third-order valence-electron chi connectivity index (χ3n) is 6.74. The minimum absolute atomic E-state index is 0. The Morgan fingerprint density at radius 3 is 1.82 bits per heavy atom. The highest BCUT2D eigenvalue weighted by atomic mass is 79.9. The molecule has 0 aliphatic heterocycles. The van der Waals surface area contributed by atoms with Crippen LogP contribution in [-0.2, 0) is 35.8 Å². The molecule has 0 radical (unpaired) electrons. The monoisotopic (exact) mass is 719 g/mol. The van der Waals surface area contributed by atoms with E-state index in [4.69, 9.17) is 0 Å². The van der Waals surface area contributed by atoms with Crippen molar-refractivity contribution < 1.29 is 65.1 Å². The Kier molecular flexibility index (Phi) is 18.2. The molecule has 4 rings (SSSR count). The quantitative estimate of drug-likeness (QED) is 0.0944. The lowest BCUT2D eigenvalue weighted by Gasteiger charge is -2.20. The van der Waals surface area contributed by atoms with Crippen LogP contribution in [0.25, 0.3) is 0 Å². The van der Waals surface area contributed by atoms with E-state index in [9.17, 15) is 9.59 Å². The van der Waals surface area contributed by atoms with Gasteiger partial charge in [-0.3, -0.25) is 9.59 Å². The molecule has 45 heavy (non-hydrogen) atoms. The number of nitrogens with one attached hydrogen (secondary N) is 2. The normalized spacial score (nSPS) is 10.3. The highest BCUT2D eigenvalue weighted by Crippen LogP contribution is 2.21. The van der Waals surface area contributed by atoms with Gasteiger partial charge in [-0.05, 0) is 38.1 Å². The van der Waals surface area contributed by atoms with Gasteiger partial charge in [0.25, 0.3) is 11.8 Å². The summed E-state index contributed by atoms with van der Waals surface area (Å²) in [7, 11) is 0. The summed E-state index contributed by atoms with van der Waals surface area (Å²) in [4.78, 5) is 27.8. The third-order valence-corrected chi connectivity index (χ3v) is 6.74. The second kappa shape index (κ2) is 21.0. The maximum Gasteiger partial charge on any atom is 0.422 e. The lowest BCUT2D eigenvalue weighted by atomic mass is 10.2. The van der Waals surface area contributed by atoms with Crippen molar-refractivity contribution in [3.8, 4) is 0 Å². The fraction of sp³-hybridized carbons (Fsp3) is 0.323. The van der Waals surface area contributed by atoms with Crippen LogP contribution in [0.1, 0.15) is 13.8 Å². The van der Waals surface area contributed by atoms with Gasteiger partial charge >= 0.3 is 5.95 Å². The molecule has 0 spiro atoms. The van der Waals surface area contributed by atoms with Crippen LogP contribution < -0.4 is 71.0 Å². The van der Waals surface area contributed by atoms with E-state index in [0.29, 0.717) is 37.8 Å². The number of benzene rings is 1. The summed E-state index contributed by atoms with van der Waals surface area (Å²) in [6.45, 7) is 8.49. The van der Waals surface area contributed by atoms with Gasteiger partial charge in [0.05, 0.1) is 25.5 Å². The first-order chi connectivity index (χ1) is 20.6. The second-order valence-electron chi connectivity index (χ2n) is 9.67. The standard InChI is InChI=1S/C31H38N9O2.BrH.2ClH/c1-3-38(4-2)28-13-11-27(12-14-28)34-35-31-39(25-29(41)32-15-21-36-17-7-5-8-18-36)23-24-40(31)26-30(42)33-16-22-37-19-9-6-10-20-37;;;/h5-14,17-20,23-24H,3-4,15-16,21-22,25-26H2,1-2H3;3*1H/q+1;;;/p-1. The second-order valence-corrected chi connectivity index (χ2v) is 9.67. The summed E-state index contributed by atoms with van der Waals surface area (Å²) in [5, 5.41) is 14.8.